The molecule has 21 heavy (non-hydrogen) atoms. The minimum atomic E-state index is -4.18. The van der Waals surface area contributed by atoms with E-state index in [9.17, 15) is 16.8 Å². The first kappa shape index (κ1) is 16.0. The lowest BCUT2D eigenvalue weighted by Gasteiger charge is -2.15. The van der Waals surface area contributed by atoms with Gasteiger partial charge in [-0.05, 0) is 23.6 Å². The highest BCUT2D eigenvalue weighted by Crippen LogP contribution is 2.18. The van der Waals surface area contributed by atoms with Gasteiger partial charge in [-0.25, -0.2) is 22.0 Å². The minimum Gasteiger partial charge on any atom is -0.258 e. The first-order valence-corrected chi connectivity index (χ1v) is 9.87. The van der Waals surface area contributed by atoms with Crippen LogP contribution in [0.5, 0.6) is 0 Å². The summed E-state index contributed by atoms with van der Waals surface area (Å²) in [4.78, 5) is 4.44. The maximum Gasteiger partial charge on any atom is 0.232 e. The van der Waals surface area contributed by atoms with Crippen molar-refractivity contribution in [3.8, 4) is 0 Å². The van der Waals surface area contributed by atoms with E-state index >= 15 is 0 Å². The fourth-order valence-corrected chi connectivity index (χ4v) is 5.29. The monoisotopic (exact) mass is 347 g/mol. The van der Waals surface area contributed by atoms with Crippen molar-refractivity contribution in [2.45, 2.75) is 11.1 Å². The molecule has 2 rings (SSSR count). The Morgan fingerprint density at radius 3 is 2.48 bits per heavy atom. The summed E-state index contributed by atoms with van der Waals surface area (Å²) in [7, 11) is -8.05. The van der Waals surface area contributed by atoms with Crippen LogP contribution in [0.15, 0.2) is 41.9 Å². The molecule has 1 atom stereocenters. The second kappa shape index (κ2) is 6.20. The van der Waals surface area contributed by atoms with Gasteiger partial charge in [-0.2, -0.15) is 4.72 Å². The zero-order valence-electron chi connectivity index (χ0n) is 10.7. The van der Waals surface area contributed by atoms with Crippen LogP contribution in [0.25, 0.3) is 0 Å². The lowest BCUT2D eigenvalue weighted by molar-refractivity contribution is 0.556. The lowest BCUT2D eigenvalue weighted by atomic mass is 10.3. The van der Waals surface area contributed by atoms with Gasteiger partial charge < -0.3 is 0 Å². The van der Waals surface area contributed by atoms with E-state index in [1.807, 2.05) is 0 Å². The van der Waals surface area contributed by atoms with E-state index in [0.29, 0.717) is 4.88 Å². The van der Waals surface area contributed by atoms with Crippen LogP contribution < -0.4 is 9.86 Å². The molecule has 3 N–H and O–H groups in total. The van der Waals surface area contributed by atoms with Gasteiger partial charge in [-0.1, -0.05) is 12.1 Å². The van der Waals surface area contributed by atoms with Crippen LogP contribution in [0.4, 0.5) is 0 Å². The molecule has 0 aliphatic heterocycles. The Bertz CT molecular complexity index is 787. The fraction of sp³-hybridized carbons (Fsp3) is 0.182. The minimum absolute atomic E-state index is 0.0229. The van der Waals surface area contributed by atoms with Gasteiger partial charge in [0.25, 0.3) is 0 Å². The molecule has 1 unspecified atom stereocenters. The summed E-state index contributed by atoms with van der Waals surface area (Å²) >= 11 is 1.26. The Kier molecular flexibility index (Phi) is 4.74. The van der Waals surface area contributed by atoms with E-state index < -0.39 is 25.4 Å². The van der Waals surface area contributed by atoms with Crippen molar-refractivity contribution in [2.75, 3.05) is 0 Å². The topological polar surface area (TPSA) is 119 Å². The predicted molar refractivity (Wildman–Crippen MR) is 80.2 cm³/mol. The Labute approximate surface area is 126 Å². The van der Waals surface area contributed by atoms with E-state index in [-0.39, 0.29) is 11.4 Å². The highest BCUT2D eigenvalue weighted by Gasteiger charge is 2.29. The van der Waals surface area contributed by atoms with Crippen molar-refractivity contribution in [1.29, 1.82) is 0 Å². The van der Waals surface area contributed by atoms with Gasteiger partial charge in [0.15, 0.2) is 5.37 Å². The normalized spacial score (nSPS) is 14.0. The van der Waals surface area contributed by atoms with E-state index in [1.165, 1.54) is 23.6 Å². The molecule has 0 spiro atoms. The predicted octanol–water partition coefficient (Wildman–Crippen LogP) is 0.550. The molecule has 0 aromatic carbocycles. The van der Waals surface area contributed by atoms with Crippen LogP contribution in [0, 0.1) is 0 Å². The van der Waals surface area contributed by atoms with Crippen molar-refractivity contribution in [3.05, 3.63) is 52.5 Å². The molecule has 0 saturated heterocycles. The summed E-state index contributed by atoms with van der Waals surface area (Å²) in [5.74, 6) is -0.316. The van der Waals surface area contributed by atoms with Gasteiger partial charge in [-0.3, -0.25) is 4.98 Å². The van der Waals surface area contributed by atoms with Crippen LogP contribution in [0.1, 0.15) is 15.9 Å². The van der Waals surface area contributed by atoms with Crippen molar-refractivity contribution < 1.29 is 16.8 Å². The van der Waals surface area contributed by atoms with Crippen molar-refractivity contribution in [2.24, 2.45) is 5.14 Å². The number of thiophene rings is 1. The Hall–Kier alpha value is -1.33. The number of hydrogen-bond donors (Lipinski definition) is 2. The van der Waals surface area contributed by atoms with Gasteiger partial charge in [0.1, 0.15) is 0 Å². The van der Waals surface area contributed by atoms with Gasteiger partial charge >= 0.3 is 0 Å². The number of rotatable bonds is 6. The fourth-order valence-electron chi connectivity index (χ4n) is 1.61. The average Bonchev–Trinajstić information content (AvgIpc) is 2.88. The summed E-state index contributed by atoms with van der Waals surface area (Å²) in [6, 6.07) is 7.89. The number of sulfonamides is 2. The smallest absolute Gasteiger partial charge is 0.232 e. The van der Waals surface area contributed by atoms with Gasteiger partial charge in [0.2, 0.25) is 20.0 Å². The summed E-state index contributed by atoms with van der Waals surface area (Å²) < 4.78 is 49.5. The molecule has 0 bridgehead atoms. The average molecular weight is 347 g/mol. The third kappa shape index (κ3) is 4.58. The SMILES string of the molecule is NS(=O)(=O)C(NS(=O)(=O)Cc1cccs1)c1ccccn1. The lowest BCUT2D eigenvalue weighted by Crippen LogP contribution is -2.38. The molecule has 0 amide bonds. The highest BCUT2D eigenvalue weighted by molar-refractivity contribution is 7.92. The third-order valence-electron chi connectivity index (χ3n) is 2.48. The molecule has 0 radical (unpaired) electrons. The maximum absolute atomic E-state index is 12.1. The van der Waals surface area contributed by atoms with Gasteiger partial charge in [0.05, 0.1) is 11.4 Å². The first-order chi connectivity index (χ1) is 9.78. The van der Waals surface area contributed by atoms with E-state index in [4.69, 9.17) is 5.14 Å². The van der Waals surface area contributed by atoms with Crippen LogP contribution in [0.2, 0.25) is 0 Å². The van der Waals surface area contributed by atoms with Crippen LogP contribution >= 0.6 is 11.3 Å². The van der Waals surface area contributed by atoms with Crippen LogP contribution in [-0.2, 0) is 25.8 Å². The van der Waals surface area contributed by atoms with Crippen LogP contribution in [-0.4, -0.2) is 21.8 Å². The summed E-state index contributed by atoms with van der Waals surface area (Å²) in [5, 5.41) is 5.23. The van der Waals surface area contributed by atoms with Crippen molar-refractivity contribution in [1.82, 2.24) is 9.71 Å². The molecular formula is C11H13N3O4S3. The van der Waals surface area contributed by atoms with E-state index in [0.717, 1.165) is 0 Å². The Morgan fingerprint density at radius 1 is 1.19 bits per heavy atom. The number of nitrogens with one attached hydrogen (secondary N) is 1. The number of pyridine rings is 1. The molecule has 0 fully saturated rings. The molecule has 0 aliphatic carbocycles. The Morgan fingerprint density at radius 2 is 1.95 bits per heavy atom. The quantitative estimate of drug-likeness (QED) is 0.791. The van der Waals surface area contributed by atoms with Gasteiger partial charge in [-0.15, -0.1) is 11.3 Å². The first-order valence-electron chi connectivity index (χ1n) is 5.73. The second-order valence-corrected chi connectivity index (χ2v) is 8.62. The number of nitrogens with two attached hydrogens (primary N) is 1. The molecule has 0 aliphatic rings. The molecule has 2 aromatic rings. The molecule has 2 aromatic heterocycles. The standard InChI is InChI=1S/C11H13N3O4S3/c12-21(17,18)11(10-5-1-2-6-13-10)14-20(15,16)8-9-4-3-7-19-9/h1-7,11,14H,8H2,(H2,12,17,18). The number of hydrogen-bond acceptors (Lipinski definition) is 6. The van der Waals surface area contributed by atoms with Crippen LogP contribution in [0.3, 0.4) is 0 Å². The maximum atomic E-state index is 12.1. The van der Waals surface area contributed by atoms with Gasteiger partial charge in [0, 0.05) is 11.1 Å². The molecule has 7 nitrogen and oxygen atoms in total. The Balaban J connectivity index is 2.28. The second-order valence-electron chi connectivity index (χ2n) is 4.18. The zero-order chi connectivity index (χ0) is 15.5. The summed E-state index contributed by atoms with van der Waals surface area (Å²) in [6.07, 6.45) is 1.36. The zero-order valence-corrected chi connectivity index (χ0v) is 13.2. The summed E-state index contributed by atoms with van der Waals surface area (Å²) in [5.41, 5.74) is 0.0229. The van der Waals surface area contributed by atoms with Crippen molar-refractivity contribution in [3.63, 3.8) is 0 Å². The molecule has 10 heteroatoms. The largest absolute Gasteiger partial charge is 0.258 e. The molecule has 114 valence electrons. The molecule has 0 saturated carbocycles. The third-order valence-corrected chi connectivity index (χ3v) is 5.99. The van der Waals surface area contributed by atoms with Crippen molar-refractivity contribution >= 4 is 31.4 Å². The molecule has 2 heterocycles. The van der Waals surface area contributed by atoms with E-state index in [2.05, 4.69) is 9.71 Å². The number of nitrogens with zero attached hydrogens (tertiary/aromatic N) is 1. The summed E-state index contributed by atoms with van der Waals surface area (Å²) in [6.45, 7) is 0. The highest BCUT2D eigenvalue weighted by atomic mass is 32.2. The molecular weight excluding hydrogens is 334 g/mol. The van der Waals surface area contributed by atoms with E-state index in [1.54, 1.807) is 29.6 Å². The number of primary sulfonamides is 1. The number of aromatic nitrogens is 1.